The van der Waals surface area contributed by atoms with Crippen molar-refractivity contribution in [3.63, 3.8) is 0 Å². The second kappa shape index (κ2) is 2.10. The molecule has 0 aromatic rings. The van der Waals surface area contributed by atoms with Crippen molar-refractivity contribution in [1.29, 1.82) is 0 Å². The Labute approximate surface area is 68.9 Å². The Bertz CT molecular complexity index is 197. The second-order valence-corrected chi connectivity index (χ2v) is 4.43. The van der Waals surface area contributed by atoms with Crippen molar-refractivity contribution in [2.45, 2.75) is 44.7 Å². The minimum absolute atomic E-state index is 0.520. The van der Waals surface area contributed by atoms with Crippen molar-refractivity contribution in [1.82, 2.24) is 5.32 Å². The molecule has 1 aliphatic heterocycles. The molecule has 1 saturated carbocycles. The summed E-state index contributed by atoms with van der Waals surface area (Å²) in [6, 6.07) is 0.804. The van der Waals surface area contributed by atoms with Crippen LogP contribution in [-0.4, -0.2) is 11.6 Å². The molecule has 3 atom stereocenters. The summed E-state index contributed by atoms with van der Waals surface area (Å²) in [5, 5.41) is 3.55. The van der Waals surface area contributed by atoms with Crippen molar-refractivity contribution < 1.29 is 0 Å². The maximum atomic E-state index is 4.03. The number of rotatable bonds is 1. The molecule has 1 nitrogen and oxygen atoms in total. The van der Waals surface area contributed by atoms with E-state index in [1.54, 1.807) is 0 Å². The zero-order valence-electron chi connectivity index (χ0n) is 7.48. The van der Waals surface area contributed by atoms with Gasteiger partial charge in [0.2, 0.25) is 0 Å². The Morgan fingerprint density at radius 1 is 1.64 bits per heavy atom. The van der Waals surface area contributed by atoms with Crippen molar-refractivity contribution in [3.05, 3.63) is 12.2 Å². The third kappa shape index (κ3) is 1.12. The van der Waals surface area contributed by atoms with Crippen LogP contribution >= 0.6 is 0 Å². The molecule has 2 aliphatic rings. The van der Waals surface area contributed by atoms with E-state index in [2.05, 4.69) is 25.7 Å². The summed E-state index contributed by atoms with van der Waals surface area (Å²) in [4.78, 5) is 0. The maximum absolute atomic E-state index is 4.03. The van der Waals surface area contributed by atoms with E-state index in [-0.39, 0.29) is 0 Å². The molecule has 0 aromatic carbocycles. The van der Waals surface area contributed by atoms with Crippen LogP contribution in [0, 0.1) is 5.92 Å². The van der Waals surface area contributed by atoms with E-state index in [1.807, 2.05) is 0 Å². The Morgan fingerprint density at radius 3 is 2.91 bits per heavy atom. The second-order valence-electron chi connectivity index (χ2n) is 4.43. The molecular formula is C10H17N. The van der Waals surface area contributed by atoms with E-state index in [1.165, 1.54) is 24.8 Å². The smallest absolute Gasteiger partial charge is 0.0310 e. The van der Waals surface area contributed by atoms with Crippen LogP contribution in [0.1, 0.15) is 33.1 Å². The molecular weight excluding hydrogens is 134 g/mol. The first-order valence-electron chi connectivity index (χ1n) is 4.55. The first-order valence-corrected chi connectivity index (χ1v) is 4.55. The summed E-state index contributed by atoms with van der Waals surface area (Å²) in [6.45, 7) is 8.53. The van der Waals surface area contributed by atoms with Gasteiger partial charge in [0.1, 0.15) is 0 Å². The quantitative estimate of drug-likeness (QED) is 0.450. The van der Waals surface area contributed by atoms with Crippen LogP contribution in [0.25, 0.3) is 0 Å². The topological polar surface area (TPSA) is 21.9 Å². The number of hydrogen-bond donors (Lipinski definition) is 1. The molecule has 1 heteroatoms. The molecule has 2 unspecified atom stereocenters. The fourth-order valence-electron chi connectivity index (χ4n) is 2.25. The molecule has 1 N–H and O–H groups in total. The molecule has 2 fully saturated rings. The molecule has 1 aliphatic carbocycles. The van der Waals surface area contributed by atoms with Crippen LogP contribution in [0.3, 0.4) is 0 Å². The lowest BCUT2D eigenvalue weighted by Crippen LogP contribution is -2.21. The van der Waals surface area contributed by atoms with Gasteiger partial charge in [-0.2, -0.15) is 0 Å². The highest BCUT2D eigenvalue weighted by atomic mass is 15.2. The Hall–Kier alpha value is -0.300. The maximum Gasteiger partial charge on any atom is 0.0310 e. The molecule has 1 saturated heterocycles. The van der Waals surface area contributed by atoms with E-state index in [4.69, 9.17) is 0 Å². The highest BCUT2D eigenvalue weighted by molar-refractivity contribution is 5.17. The van der Waals surface area contributed by atoms with E-state index >= 15 is 0 Å². The average molecular weight is 151 g/mol. The van der Waals surface area contributed by atoms with Crippen molar-refractivity contribution >= 4 is 0 Å². The van der Waals surface area contributed by atoms with Gasteiger partial charge in [0.05, 0.1) is 0 Å². The van der Waals surface area contributed by atoms with Gasteiger partial charge in [-0.3, -0.25) is 0 Å². The summed E-state index contributed by atoms with van der Waals surface area (Å²) < 4.78 is 0. The molecule has 0 bridgehead atoms. The van der Waals surface area contributed by atoms with Crippen molar-refractivity contribution in [2.24, 2.45) is 5.92 Å². The third-order valence-corrected chi connectivity index (χ3v) is 3.42. The van der Waals surface area contributed by atoms with Crippen LogP contribution < -0.4 is 5.32 Å². The van der Waals surface area contributed by atoms with Gasteiger partial charge in [0, 0.05) is 11.6 Å². The number of fused-ring (bicyclic) bond motifs is 1. The normalized spacial score (nSPS) is 48.2. The summed E-state index contributed by atoms with van der Waals surface area (Å²) >= 11 is 0. The van der Waals surface area contributed by atoms with Crippen LogP contribution in [0.5, 0.6) is 0 Å². The minimum Gasteiger partial charge on any atom is -0.305 e. The van der Waals surface area contributed by atoms with Crippen molar-refractivity contribution in [2.75, 3.05) is 0 Å². The lowest BCUT2D eigenvalue weighted by atomic mass is 9.80. The average Bonchev–Trinajstić information content (AvgIpc) is 2.58. The fourth-order valence-corrected chi connectivity index (χ4v) is 2.25. The zero-order valence-corrected chi connectivity index (χ0v) is 7.48. The van der Waals surface area contributed by atoms with Crippen LogP contribution in [-0.2, 0) is 0 Å². The van der Waals surface area contributed by atoms with Gasteiger partial charge in [-0.15, -0.1) is 0 Å². The number of allylic oxidation sites excluding steroid dienone is 1. The monoisotopic (exact) mass is 151 g/mol. The lowest BCUT2D eigenvalue weighted by molar-refractivity contribution is 0.396. The molecule has 11 heavy (non-hydrogen) atoms. The Morgan fingerprint density at radius 2 is 2.36 bits per heavy atom. The molecule has 0 spiro atoms. The summed E-state index contributed by atoms with van der Waals surface area (Å²) in [6.07, 6.45) is 4.01. The predicted molar refractivity (Wildman–Crippen MR) is 47.5 cm³/mol. The summed E-state index contributed by atoms with van der Waals surface area (Å²) in [5.74, 6) is 0.795. The number of hydrogen-bond acceptors (Lipinski definition) is 1. The fraction of sp³-hybridized carbons (Fsp3) is 0.800. The standard InChI is InChI=1S/C10H17N/c1-7(2)8-4-5-10(3)9(6-8)11-10/h8-9,11H,1,4-6H2,2-3H3/t8?,9?,10-/m1/s1. The third-order valence-electron chi connectivity index (χ3n) is 3.42. The molecule has 62 valence electrons. The highest BCUT2D eigenvalue weighted by Crippen LogP contribution is 2.43. The Balaban J connectivity index is 1.98. The van der Waals surface area contributed by atoms with Gasteiger partial charge in [0.15, 0.2) is 0 Å². The van der Waals surface area contributed by atoms with Gasteiger partial charge in [-0.1, -0.05) is 12.2 Å². The number of nitrogens with one attached hydrogen (secondary N) is 1. The summed E-state index contributed by atoms with van der Waals surface area (Å²) in [7, 11) is 0. The lowest BCUT2D eigenvalue weighted by Gasteiger charge is -2.23. The minimum atomic E-state index is 0.520. The van der Waals surface area contributed by atoms with E-state index < -0.39 is 0 Å². The largest absolute Gasteiger partial charge is 0.305 e. The predicted octanol–water partition coefficient (Wildman–Crippen LogP) is 2.09. The molecule has 2 rings (SSSR count). The highest BCUT2D eigenvalue weighted by Gasteiger charge is 2.52. The van der Waals surface area contributed by atoms with E-state index in [0.29, 0.717) is 5.54 Å². The van der Waals surface area contributed by atoms with Gasteiger partial charge in [-0.25, -0.2) is 0 Å². The van der Waals surface area contributed by atoms with Crippen LogP contribution in [0.2, 0.25) is 0 Å². The van der Waals surface area contributed by atoms with Gasteiger partial charge < -0.3 is 5.32 Å². The van der Waals surface area contributed by atoms with Gasteiger partial charge in [-0.05, 0) is 39.0 Å². The van der Waals surface area contributed by atoms with Crippen LogP contribution in [0.15, 0.2) is 12.2 Å². The first kappa shape index (κ1) is 7.35. The van der Waals surface area contributed by atoms with E-state index in [0.717, 1.165) is 12.0 Å². The molecule has 0 aromatic heterocycles. The zero-order chi connectivity index (χ0) is 8.06. The molecule has 0 amide bonds. The van der Waals surface area contributed by atoms with Gasteiger partial charge >= 0.3 is 0 Å². The van der Waals surface area contributed by atoms with Crippen LogP contribution in [0.4, 0.5) is 0 Å². The van der Waals surface area contributed by atoms with Crippen molar-refractivity contribution in [3.8, 4) is 0 Å². The first-order chi connectivity index (χ1) is 5.12. The summed E-state index contributed by atoms with van der Waals surface area (Å²) in [5.41, 5.74) is 1.90. The Kier molecular flexibility index (Phi) is 1.40. The molecule has 0 radical (unpaired) electrons. The van der Waals surface area contributed by atoms with Gasteiger partial charge in [0.25, 0.3) is 0 Å². The SMILES string of the molecule is C=C(C)C1CC[C@@]2(C)NC2C1. The molecule has 1 heterocycles. The van der Waals surface area contributed by atoms with E-state index in [9.17, 15) is 0 Å².